The van der Waals surface area contributed by atoms with Gasteiger partial charge < -0.3 is 30.2 Å². The summed E-state index contributed by atoms with van der Waals surface area (Å²) >= 11 is 0. The number of carbonyl (C=O) groups excluding carboxylic acids is 2. The Kier molecular flexibility index (Phi) is 7.32. The first-order chi connectivity index (χ1) is 18.0. The number of nitrogens with zero attached hydrogens (tertiary/aromatic N) is 1. The molecule has 37 heavy (non-hydrogen) atoms. The molecule has 2 amide bonds. The van der Waals surface area contributed by atoms with E-state index in [1.807, 2.05) is 31.2 Å². The average molecular weight is 507 g/mol. The third kappa shape index (κ3) is 5.56. The Morgan fingerprint density at radius 2 is 1.78 bits per heavy atom. The van der Waals surface area contributed by atoms with Crippen LogP contribution in [0.15, 0.2) is 30.5 Å². The third-order valence-corrected chi connectivity index (χ3v) is 7.32. The number of aliphatic hydroxyl groups is 1. The van der Waals surface area contributed by atoms with Crippen LogP contribution >= 0.6 is 0 Å². The van der Waals surface area contributed by atoms with Crippen molar-refractivity contribution in [1.29, 1.82) is 0 Å². The number of fused-ring (bicyclic) bond motifs is 1. The summed E-state index contributed by atoms with van der Waals surface area (Å²) in [5, 5.41) is 14.9. The van der Waals surface area contributed by atoms with E-state index in [4.69, 9.17) is 14.6 Å². The molecule has 3 aromatic rings. The van der Waals surface area contributed by atoms with Gasteiger partial charge in [-0.25, -0.2) is 0 Å². The Labute approximate surface area is 216 Å². The number of ether oxygens (including phenoxy) is 2. The molecule has 0 bridgehead atoms. The minimum absolute atomic E-state index is 0.0168. The molecule has 196 valence electrons. The maximum absolute atomic E-state index is 13.4. The Morgan fingerprint density at radius 3 is 2.46 bits per heavy atom. The van der Waals surface area contributed by atoms with E-state index in [9.17, 15) is 9.59 Å². The van der Waals surface area contributed by atoms with Crippen LogP contribution in [-0.2, 0) is 4.79 Å². The average Bonchev–Trinajstić information content (AvgIpc) is 3.67. The molecule has 2 fully saturated rings. The fourth-order valence-corrected chi connectivity index (χ4v) is 5.09. The summed E-state index contributed by atoms with van der Waals surface area (Å²) in [5.74, 6) is 1.61. The van der Waals surface area contributed by atoms with Gasteiger partial charge in [0.2, 0.25) is 5.91 Å². The number of rotatable bonds is 9. The highest BCUT2D eigenvalue weighted by atomic mass is 16.5. The van der Waals surface area contributed by atoms with Crippen molar-refractivity contribution in [2.75, 3.05) is 20.3 Å². The van der Waals surface area contributed by atoms with Gasteiger partial charge in [0.1, 0.15) is 23.6 Å². The van der Waals surface area contributed by atoms with Gasteiger partial charge in [-0.1, -0.05) is 0 Å². The quantitative estimate of drug-likeness (QED) is 0.352. The first-order valence-electron chi connectivity index (χ1n) is 13.0. The van der Waals surface area contributed by atoms with Crippen LogP contribution in [-0.4, -0.2) is 59.3 Å². The van der Waals surface area contributed by atoms with E-state index in [0.29, 0.717) is 23.6 Å². The van der Waals surface area contributed by atoms with Crippen LogP contribution in [0, 0.1) is 12.8 Å². The number of hydrogen-bond acceptors (Lipinski definition) is 6. The van der Waals surface area contributed by atoms with Gasteiger partial charge in [-0.3, -0.25) is 14.6 Å². The molecular weight excluding hydrogens is 472 g/mol. The van der Waals surface area contributed by atoms with Crippen molar-refractivity contribution in [3.63, 3.8) is 0 Å². The zero-order valence-electron chi connectivity index (χ0n) is 21.3. The van der Waals surface area contributed by atoms with Crippen LogP contribution in [0.2, 0.25) is 0 Å². The normalized spacial score (nSPS) is 19.4. The molecule has 2 saturated carbocycles. The summed E-state index contributed by atoms with van der Waals surface area (Å²) in [6.45, 7) is 2.07. The van der Waals surface area contributed by atoms with E-state index < -0.39 is 6.61 Å². The molecular formula is C28H34N4O5. The Hall–Kier alpha value is -3.59. The lowest BCUT2D eigenvalue weighted by Crippen LogP contribution is -2.44. The molecule has 4 N–H and O–H groups in total. The van der Waals surface area contributed by atoms with E-state index in [1.165, 1.54) is 12.8 Å². The van der Waals surface area contributed by atoms with Crippen LogP contribution in [0.3, 0.4) is 0 Å². The Morgan fingerprint density at radius 1 is 1.05 bits per heavy atom. The SMILES string of the molecule is COc1ccc(OCC2CC2)c(-c2ccnc3c(C(=O)N[C@H]4CC[C@H](NC(=O)CO)CC4)c(C)[nH]c23)c1. The van der Waals surface area contributed by atoms with Crippen molar-refractivity contribution in [2.45, 2.75) is 57.5 Å². The standard InChI is InChI=1S/C28H34N4O5/c1-16-25(28(35)32-19-7-5-18(6-8-19)31-24(34)14-33)27-26(30-16)21(11-12-29-27)22-13-20(36-2)9-10-23(22)37-15-17-3-4-17/h9-13,17-19,30,33H,3-8,14-15H2,1-2H3,(H,31,34)(H,32,35)/t18-,19-. The third-order valence-electron chi connectivity index (χ3n) is 7.32. The predicted octanol–water partition coefficient (Wildman–Crippen LogP) is 3.49. The number of aryl methyl sites for hydroxylation is 1. The molecule has 0 aliphatic heterocycles. The molecule has 0 spiro atoms. The summed E-state index contributed by atoms with van der Waals surface area (Å²) < 4.78 is 11.7. The van der Waals surface area contributed by atoms with E-state index in [0.717, 1.165) is 59.5 Å². The molecule has 9 nitrogen and oxygen atoms in total. The predicted molar refractivity (Wildman–Crippen MR) is 140 cm³/mol. The number of carbonyl (C=O) groups is 2. The van der Waals surface area contributed by atoms with Gasteiger partial charge in [0.15, 0.2) is 0 Å². The molecule has 2 aliphatic carbocycles. The minimum Gasteiger partial charge on any atom is -0.497 e. The maximum Gasteiger partial charge on any atom is 0.255 e. The molecule has 2 aliphatic rings. The van der Waals surface area contributed by atoms with Crippen LogP contribution in [0.25, 0.3) is 22.2 Å². The highest BCUT2D eigenvalue weighted by molar-refractivity contribution is 6.09. The molecule has 0 radical (unpaired) electrons. The van der Waals surface area contributed by atoms with Gasteiger partial charge in [-0.2, -0.15) is 0 Å². The van der Waals surface area contributed by atoms with E-state index >= 15 is 0 Å². The Balaban J connectivity index is 1.38. The zero-order chi connectivity index (χ0) is 25.9. The van der Waals surface area contributed by atoms with Crippen LogP contribution in [0.5, 0.6) is 11.5 Å². The molecule has 1 aromatic carbocycles. The van der Waals surface area contributed by atoms with Gasteiger partial charge in [0, 0.05) is 35.1 Å². The number of H-pyrrole nitrogens is 1. The molecule has 5 rings (SSSR count). The zero-order valence-corrected chi connectivity index (χ0v) is 21.3. The summed E-state index contributed by atoms with van der Waals surface area (Å²) in [6, 6.07) is 7.77. The van der Waals surface area contributed by atoms with Gasteiger partial charge in [-0.05, 0) is 75.6 Å². The topological polar surface area (TPSA) is 126 Å². The fourth-order valence-electron chi connectivity index (χ4n) is 5.09. The van der Waals surface area contributed by atoms with Crippen LogP contribution in [0.4, 0.5) is 0 Å². The largest absolute Gasteiger partial charge is 0.497 e. The summed E-state index contributed by atoms with van der Waals surface area (Å²) in [6.07, 6.45) is 7.16. The fraction of sp³-hybridized carbons (Fsp3) is 0.464. The van der Waals surface area contributed by atoms with Crippen molar-refractivity contribution >= 4 is 22.8 Å². The molecule has 2 aromatic heterocycles. The Bertz CT molecular complexity index is 1290. The molecule has 0 unspecified atom stereocenters. The second kappa shape index (κ2) is 10.8. The van der Waals surface area contributed by atoms with Crippen molar-refractivity contribution in [3.8, 4) is 22.6 Å². The highest BCUT2D eigenvalue weighted by Crippen LogP contribution is 2.39. The van der Waals surface area contributed by atoms with Crippen LogP contribution in [0.1, 0.15) is 54.6 Å². The number of hydrogen-bond donors (Lipinski definition) is 4. The number of benzene rings is 1. The van der Waals surface area contributed by atoms with Gasteiger partial charge >= 0.3 is 0 Å². The van der Waals surface area contributed by atoms with E-state index in [-0.39, 0.29) is 23.9 Å². The summed E-state index contributed by atoms with van der Waals surface area (Å²) in [4.78, 5) is 32.8. The molecule has 0 atom stereocenters. The number of aromatic nitrogens is 2. The summed E-state index contributed by atoms with van der Waals surface area (Å²) in [5.41, 5.74) is 4.48. The molecule has 9 heteroatoms. The number of aliphatic hydroxyl groups excluding tert-OH is 1. The lowest BCUT2D eigenvalue weighted by molar-refractivity contribution is -0.124. The first-order valence-corrected chi connectivity index (χ1v) is 13.0. The van der Waals surface area contributed by atoms with Gasteiger partial charge in [0.25, 0.3) is 5.91 Å². The van der Waals surface area contributed by atoms with Crippen molar-refractivity contribution in [1.82, 2.24) is 20.6 Å². The van der Waals surface area contributed by atoms with Gasteiger partial charge in [0.05, 0.1) is 24.8 Å². The second-order valence-corrected chi connectivity index (χ2v) is 10.1. The van der Waals surface area contributed by atoms with Crippen molar-refractivity contribution in [3.05, 3.63) is 41.7 Å². The van der Waals surface area contributed by atoms with Crippen molar-refractivity contribution < 1.29 is 24.2 Å². The smallest absolute Gasteiger partial charge is 0.255 e. The number of aromatic amines is 1. The number of methoxy groups -OCH3 is 1. The number of amides is 2. The monoisotopic (exact) mass is 506 g/mol. The molecule has 2 heterocycles. The first kappa shape index (κ1) is 25.1. The minimum atomic E-state index is -0.505. The highest BCUT2D eigenvalue weighted by Gasteiger charge is 2.27. The van der Waals surface area contributed by atoms with Crippen molar-refractivity contribution in [2.24, 2.45) is 5.92 Å². The van der Waals surface area contributed by atoms with Crippen LogP contribution < -0.4 is 20.1 Å². The van der Waals surface area contributed by atoms with Gasteiger partial charge in [-0.15, -0.1) is 0 Å². The number of pyridine rings is 1. The second-order valence-electron chi connectivity index (χ2n) is 10.1. The maximum atomic E-state index is 13.4. The number of nitrogens with one attached hydrogen (secondary N) is 3. The van der Waals surface area contributed by atoms with E-state index in [1.54, 1.807) is 13.3 Å². The molecule has 0 saturated heterocycles. The lowest BCUT2D eigenvalue weighted by Gasteiger charge is -2.29. The van der Waals surface area contributed by atoms with E-state index in [2.05, 4.69) is 20.6 Å². The lowest BCUT2D eigenvalue weighted by atomic mass is 9.91. The summed E-state index contributed by atoms with van der Waals surface area (Å²) in [7, 11) is 1.64.